The van der Waals surface area contributed by atoms with Gasteiger partial charge >= 0.3 is 0 Å². The van der Waals surface area contributed by atoms with Crippen LogP contribution in [0.2, 0.25) is 0 Å². The van der Waals surface area contributed by atoms with E-state index in [0.29, 0.717) is 0 Å². The molecule has 6 heteroatoms. The summed E-state index contributed by atoms with van der Waals surface area (Å²) in [6.45, 7) is 3.85. The zero-order valence-corrected chi connectivity index (χ0v) is 14.3. The van der Waals surface area contributed by atoms with Crippen LogP contribution in [-0.4, -0.2) is 37.0 Å². The maximum absolute atomic E-state index is 11.9. The highest BCUT2D eigenvalue weighted by molar-refractivity contribution is 9.10. The molecule has 1 saturated heterocycles. The molecule has 1 fully saturated rings. The number of likely N-dealkylation sites (tertiary alicyclic amines) is 1. The molecule has 3 unspecified atom stereocenters. The summed E-state index contributed by atoms with van der Waals surface area (Å²) < 4.78 is 1.10. The van der Waals surface area contributed by atoms with Crippen molar-refractivity contribution in [2.45, 2.75) is 31.8 Å². The molecule has 3 atom stereocenters. The molecule has 112 valence electrons. The second kappa shape index (κ2) is 7.02. The molecule has 2 rings (SSSR count). The third-order valence-corrected chi connectivity index (χ3v) is 5.60. The molecule has 1 aromatic rings. The Labute approximate surface area is 132 Å². The van der Waals surface area contributed by atoms with Crippen molar-refractivity contribution < 1.29 is 4.79 Å². The van der Waals surface area contributed by atoms with Crippen LogP contribution in [0.15, 0.2) is 15.9 Å². The molecule has 0 bridgehead atoms. The molecular weight excluding hydrogens is 338 g/mol. The second-order valence-electron chi connectivity index (χ2n) is 5.42. The van der Waals surface area contributed by atoms with Gasteiger partial charge in [-0.15, -0.1) is 11.3 Å². The average Bonchev–Trinajstić information content (AvgIpc) is 2.84. The number of carbonyl (C=O) groups excluding carboxylic acids is 1. The average molecular weight is 360 g/mol. The van der Waals surface area contributed by atoms with Crippen molar-refractivity contribution in [2.75, 3.05) is 20.1 Å². The summed E-state index contributed by atoms with van der Waals surface area (Å²) in [7, 11) is 1.71. The lowest BCUT2D eigenvalue weighted by Crippen LogP contribution is -2.47. The summed E-state index contributed by atoms with van der Waals surface area (Å²) in [5, 5.41) is 4.85. The van der Waals surface area contributed by atoms with E-state index in [0.717, 1.165) is 30.4 Å². The Bertz CT molecular complexity index is 463. The Morgan fingerprint density at radius 1 is 1.65 bits per heavy atom. The Morgan fingerprint density at radius 2 is 2.40 bits per heavy atom. The van der Waals surface area contributed by atoms with Crippen molar-refractivity contribution >= 4 is 33.2 Å². The van der Waals surface area contributed by atoms with Crippen molar-refractivity contribution in [1.29, 1.82) is 0 Å². The maximum Gasteiger partial charge on any atom is 0.224 e. The first kappa shape index (κ1) is 15.9. The van der Waals surface area contributed by atoms with Gasteiger partial charge in [-0.05, 0) is 48.3 Å². The number of amides is 1. The predicted octanol–water partition coefficient (Wildman–Crippen LogP) is 2.36. The molecule has 20 heavy (non-hydrogen) atoms. The number of carbonyl (C=O) groups is 1. The van der Waals surface area contributed by atoms with Crippen LogP contribution in [0.25, 0.3) is 0 Å². The van der Waals surface area contributed by atoms with Crippen molar-refractivity contribution in [2.24, 2.45) is 11.7 Å². The minimum atomic E-state index is 0.0454. The molecule has 1 aromatic heterocycles. The van der Waals surface area contributed by atoms with E-state index >= 15 is 0 Å². The van der Waals surface area contributed by atoms with E-state index in [9.17, 15) is 4.79 Å². The first-order chi connectivity index (χ1) is 9.52. The van der Waals surface area contributed by atoms with E-state index in [4.69, 9.17) is 5.73 Å². The Hall–Kier alpha value is -0.430. The molecule has 0 aliphatic carbocycles. The molecular formula is C14H22BrN3OS. The number of piperidine rings is 1. The van der Waals surface area contributed by atoms with E-state index < -0.39 is 0 Å². The van der Waals surface area contributed by atoms with Gasteiger partial charge in [-0.25, -0.2) is 0 Å². The highest BCUT2D eigenvalue weighted by Crippen LogP contribution is 2.34. The molecule has 1 aliphatic heterocycles. The summed E-state index contributed by atoms with van der Waals surface area (Å²) in [6.07, 6.45) is 2.02. The quantitative estimate of drug-likeness (QED) is 0.867. The predicted molar refractivity (Wildman–Crippen MR) is 86.8 cm³/mol. The van der Waals surface area contributed by atoms with Crippen LogP contribution in [0.5, 0.6) is 0 Å². The monoisotopic (exact) mass is 359 g/mol. The molecule has 2 heterocycles. The number of hydrogen-bond acceptors (Lipinski definition) is 4. The third kappa shape index (κ3) is 3.61. The van der Waals surface area contributed by atoms with Gasteiger partial charge in [0.25, 0.3) is 0 Å². The zero-order valence-electron chi connectivity index (χ0n) is 11.9. The van der Waals surface area contributed by atoms with Gasteiger partial charge in [0.1, 0.15) is 0 Å². The van der Waals surface area contributed by atoms with E-state index in [1.807, 2.05) is 6.92 Å². The van der Waals surface area contributed by atoms with Crippen LogP contribution >= 0.6 is 27.3 Å². The Balaban J connectivity index is 2.15. The summed E-state index contributed by atoms with van der Waals surface area (Å²) in [5.74, 6) is 0.226. The molecule has 0 radical (unpaired) electrons. The van der Waals surface area contributed by atoms with Gasteiger partial charge in [0.2, 0.25) is 5.91 Å². The van der Waals surface area contributed by atoms with Crippen molar-refractivity contribution in [3.8, 4) is 0 Å². The molecule has 1 aliphatic rings. The van der Waals surface area contributed by atoms with Gasteiger partial charge in [0.15, 0.2) is 0 Å². The molecule has 0 aromatic carbocycles. The van der Waals surface area contributed by atoms with Gasteiger partial charge in [-0.2, -0.15) is 0 Å². The minimum Gasteiger partial charge on any atom is -0.359 e. The number of hydrogen-bond donors (Lipinski definition) is 2. The van der Waals surface area contributed by atoms with Crippen LogP contribution in [0, 0.1) is 5.92 Å². The molecule has 0 spiro atoms. The van der Waals surface area contributed by atoms with Crippen molar-refractivity contribution in [3.63, 3.8) is 0 Å². The zero-order chi connectivity index (χ0) is 14.7. The largest absolute Gasteiger partial charge is 0.359 e. The number of nitrogens with zero attached hydrogens (tertiary/aromatic N) is 1. The molecule has 3 N–H and O–H groups in total. The van der Waals surface area contributed by atoms with Crippen LogP contribution in [0.1, 0.15) is 30.7 Å². The molecule has 4 nitrogen and oxygen atoms in total. The standard InChI is InChI=1S/C14H22BrN3OS/c1-9(16)13(12-6-11(15)8-20-12)18-5-3-4-10(7-18)14(19)17-2/h6,8-10,13H,3-5,7,16H2,1-2H3,(H,17,19). The Morgan fingerprint density at radius 3 is 2.95 bits per heavy atom. The lowest BCUT2D eigenvalue weighted by molar-refractivity contribution is -0.126. The molecule has 1 amide bonds. The first-order valence-corrected chi connectivity index (χ1v) is 8.65. The van der Waals surface area contributed by atoms with Gasteiger partial charge in [0, 0.05) is 34.4 Å². The van der Waals surface area contributed by atoms with Crippen LogP contribution in [-0.2, 0) is 4.79 Å². The SMILES string of the molecule is CNC(=O)C1CCCN(C(c2cc(Br)cs2)C(C)N)C1. The number of thiophene rings is 1. The lowest BCUT2D eigenvalue weighted by atomic mass is 9.94. The van der Waals surface area contributed by atoms with E-state index in [-0.39, 0.29) is 23.9 Å². The number of nitrogens with two attached hydrogens (primary N) is 1. The number of rotatable bonds is 4. The van der Waals surface area contributed by atoms with Crippen molar-refractivity contribution in [1.82, 2.24) is 10.2 Å². The number of halogens is 1. The third-order valence-electron chi connectivity index (χ3n) is 3.84. The molecule has 0 saturated carbocycles. The van der Waals surface area contributed by atoms with Crippen LogP contribution in [0.3, 0.4) is 0 Å². The Kier molecular flexibility index (Phi) is 5.60. The first-order valence-electron chi connectivity index (χ1n) is 6.98. The fourth-order valence-corrected chi connectivity index (χ4v) is 4.63. The van der Waals surface area contributed by atoms with Gasteiger partial charge in [-0.1, -0.05) is 0 Å². The smallest absolute Gasteiger partial charge is 0.224 e. The van der Waals surface area contributed by atoms with E-state index in [1.165, 1.54) is 4.88 Å². The summed E-state index contributed by atoms with van der Waals surface area (Å²) >= 11 is 5.23. The second-order valence-corrected chi connectivity index (χ2v) is 7.28. The summed E-state index contributed by atoms with van der Waals surface area (Å²) in [6, 6.07) is 2.38. The summed E-state index contributed by atoms with van der Waals surface area (Å²) in [4.78, 5) is 15.5. The van der Waals surface area contributed by atoms with Crippen LogP contribution < -0.4 is 11.1 Å². The van der Waals surface area contributed by atoms with Gasteiger partial charge in [-0.3, -0.25) is 9.69 Å². The lowest BCUT2D eigenvalue weighted by Gasteiger charge is -2.39. The normalized spacial score (nSPS) is 23.3. The van der Waals surface area contributed by atoms with Crippen molar-refractivity contribution in [3.05, 3.63) is 20.8 Å². The fourth-order valence-electron chi connectivity index (χ4n) is 2.93. The van der Waals surface area contributed by atoms with E-state index in [1.54, 1.807) is 18.4 Å². The van der Waals surface area contributed by atoms with Gasteiger partial charge < -0.3 is 11.1 Å². The topological polar surface area (TPSA) is 58.4 Å². The summed E-state index contributed by atoms with van der Waals surface area (Å²) in [5.41, 5.74) is 6.21. The van der Waals surface area contributed by atoms with E-state index in [2.05, 4.69) is 37.6 Å². The maximum atomic E-state index is 11.9. The highest BCUT2D eigenvalue weighted by atomic mass is 79.9. The van der Waals surface area contributed by atoms with Gasteiger partial charge in [0.05, 0.1) is 12.0 Å². The van der Waals surface area contributed by atoms with Crippen LogP contribution in [0.4, 0.5) is 0 Å². The minimum absolute atomic E-state index is 0.0454. The number of nitrogens with one attached hydrogen (secondary N) is 1. The fraction of sp³-hybridized carbons (Fsp3) is 0.643. The highest BCUT2D eigenvalue weighted by Gasteiger charge is 2.32.